The van der Waals surface area contributed by atoms with E-state index in [0.717, 1.165) is 12.1 Å². The van der Waals surface area contributed by atoms with Gasteiger partial charge in [0.2, 0.25) is 0 Å². The van der Waals surface area contributed by atoms with Crippen molar-refractivity contribution in [3.8, 4) is 11.5 Å². The van der Waals surface area contributed by atoms with Crippen molar-refractivity contribution in [2.24, 2.45) is 0 Å². The average molecular weight is 465 g/mol. The number of ether oxygens (including phenoxy) is 2. The van der Waals surface area contributed by atoms with Gasteiger partial charge in [-0.2, -0.15) is 0 Å². The van der Waals surface area contributed by atoms with E-state index >= 15 is 0 Å². The summed E-state index contributed by atoms with van der Waals surface area (Å²) in [5.74, 6) is -0.651. The SMILES string of the molecule is COc1ccccc1OCC(=O)Nc1cc(Cl)ccc1NS(=O)(=O)c1ccccc1F. The molecule has 3 aromatic rings. The topological polar surface area (TPSA) is 93.7 Å². The third-order valence-corrected chi connectivity index (χ3v) is 5.69. The molecule has 0 radical (unpaired) electrons. The van der Waals surface area contributed by atoms with Crippen LogP contribution in [-0.2, 0) is 14.8 Å². The molecule has 0 bridgehead atoms. The number of rotatable bonds is 8. The highest BCUT2D eigenvalue weighted by molar-refractivity contribution is 7.92. The molecule has 0 saturated carbocycles. The minimum atomic E-state index is -4.25. The molecule has 1 amide bonds. The van der Waals surface area contributed by atoms with E-state index in [9.17, 15) is 17.6 Å². The first kappa shape index (κ1) is 22.4. The van der Waals surface area contributed by atoms with E-state index in [0.29, 0.717) is 11.5 Å². The molecule has 7 nitrogen and oxygen atoms in total. The molecule has 2 N–H and O–H groups in total. The quantitative estimate of drug-likeness (QED) is 0.518. The molecule has 10 heteroatoms. The highest BCUT2D eigenvalue weighted by atomic mass is 35.5. The lowest BCUT2D eigenvalue weighted by atomic mass is 10.2. The molecule has 0 aliphatic rings. The number of para-hydroxylation sites is 2. The molecular formula is C21H18ClFN2O5S. The fourth-order valence-corrected chi connectivity index (χ4v) is 3.97. The van der Waals surface area contributed by atoms with Crippen molar-refractivity contribution in [1.29, 1.82) is 0 Å². The molecular weight excluding hydrogens is 447 g/mol. The number of halogens is 2. The van der Waals surface area contributed by atoms with Gasteiger partial charge in [-0.1, -0.05) is 35.9 Å². The summed E-state index contributed by atoms with van der Waals surface area (Å²) < 4.78 is 52.0. The molecule has 0 aliphatic carbocycles. The van der Waals surface area contributed by atoms with Crippen LogP contribution in [-0.4, -0.2) is 28.0 Å². The molecule has 0 unspecified atom stereocenters. The van der Waals surface area contributed by atoms with Crippen LogP contribution in [0.3, 0.4) is 0 Å². The summed E-state index contributed by atoms with van der Waals surface area (Å²) in [6.45, 7) is -0.369. The predicted molar refractivity (Wildman–Crippen MR) is 116 cm³/mol. The van der Waals surface area contributed by atoms with Crippen LogP contribution >= 0.6 is 11.6 Å². The maximum absolute atomic E-state index is 13.9. The molecule has 0 heterocycles. The summed E-state index contributed by atoms with van der Waals surface area (Å²) in [5.41, 5.74) is 0.0966. The number of amides is 1. The first-order chi connectivity index (χ1) is 14.8. The summed E-state index contributed by atoms with van der Waals surface area (Å²) >= 11 is 5.99. The van der Waals surface area contributed by atoms with Gasteiger partial charge >= 0.3 is 0 Å². The van der Waals surface area contributed by atoms with Crippen LogP contribution in [0.2, 0.25) is 5.02 Å². The molecule has 0 fully saturated rings. The lowest BCUT2D eigenvalue weighted by Crippen LogP contribution is -2.22. The minimum Gasteiger partial charge on any atom is -0.493 e. The Morgan fingerprint density at radius 2 is 1.68 bits per heavy atom. The predicted octanol–water partition coefficient (Wildman–Crippen LogP) is 4.31. The van der Waals surface area contributed by atoms with Gasteiger partial charge in [0.1, 0.15) is 10.7 Å². The van der Waals surface area contributed by atoms with Crippen molar-refractivity contribution in [1.82, 2.24) is 0 Å². The largest absolute Gasteiger partial charge is 0.493 e. The standard InChI is InChI=1S/C21H18ClFN2O5S/c1-29-18-7-3-4-8-19(18)30-13-21(26)24-17-12-14(22)10-11-16(17)25-31(27,28)20-9-5-2-6-15(20)23/h2-12,25H,13H2,1H3,(H,24,26). The van der Waals surface area contributed by atoms with Gasteiger partial charge in [0, 0.05) is 5.02 Å². The van der Waals surface area contributed by atoms with Crippen LogP contribution in [0.1, 0.15) is 0 Å². The van der Waals surface area contributed by atoms with E-state index < -0.39 is 26.6 Å². The fraction of sp³-hybridized carbons (Fsp3) is 0.0952. The van der Waals surface area contributed by atoms with Crippen molar-refractivity contribution < 1.29 is 27.1 Å². The average Bonchev–Trinajstić information content (AvgIpc) is 2.74. The van der Waals surface area contributed by atoms with Crippen molar-refractivity contribution in [2.45, 2.75) is 4.90 Å². The van der Waals surface area contributed by atoms with Crippen LogP contribution < -0.4 is 19.5 Å². The monoisotopic (exact) mass is 464 g/mol. The van der Waals surface area contributed by atoms with E-state index in [1.807, 2.05) is 0 Å². The second-order valence-electron chi connectivity index (χ2n) is 6.21. The summed E-state index contributed by atoms with van der Waals surface area (Å²) in [6, 6.07) is 15.9. The van der Waals surface area contributed by atoms with Gasteiger partial charge in [-0.25, -0.2) is 12.8 Å². The van der Waals surface area contributed by atoms with Gasteiger partial charge in [-0.3, -0.25) is 9.52 Å². The summed E-state index contributed by atoms with van der Waals surface area (Å²) in [6.07, 6.45) is 0. The number of hydrogen-bond donors (Lipinski definition) is 2. The van der Waals surface area contributed by atoms with Crippen molar-refractivity contribution in [3.05, 3.63) is 77.6 Å². The zero-order valence-corrected chi connectivity index (χ0v) is 17.8. The Hall–Kier alpha value is -3.30. The van der Waals surface area contributed by atoms with Crippen LogP contribution in [0.5, 0.6) is 11.5 Å². The number of hydrogen-bond acceptors (Lipinski definition) is 5. The van der Waals surface area contributed by atoms with Gasteiger partial charge in [-0.05, 0) is 42.5 Å². The first-order valence-electron chi connectivity index (χ1n) is 8.93. The number of sulfonamides is 1. The number of methoxy groups -OCH3 is 1. The Morgan fingerprint density at radius 1 is 1.00 bits per heavy atom. The van der Waals surface area contributed by atoms with E-state index in [-0.39, 0.29) is 23.0 Å². The normalized spacial score (nSPS) is 10.9. The third-order valence-electron chi connectivity index (χ3n) is 4.05. The van der Waals surface area contributed by atoms with E-state index in [2.05, 4.69) is 10.0 Å². The van der Waals surface area contributed by atoms with Crippen LogP contribution in [0.25, 0.3) is 0 Å². The lowest BCUT2D eigenvalue weighted by Gasteiger charge is -2.15. The van der Waals surface area contributed by atoms with Crippen molar-refractivity contribution in [2.75, 3.05) is 23.8 Å². The van der Waals surface area contributed by atoms with E-state index in [1.54, 1.807) is 24.3 Å². The van der Waals surface area contributed by atoms with Crippen molar-refractivity contribution >= 4 is 38.9 Å². The molecule has 0 spiro atoms. The summed E-state index contributed by atoms with van der Waals surface area (Å²) in [7, 11) is -2.77. The number of benzene rings is 3. The maximum atomic E-state index is 13.9. The molecule has 0 aliphatic heterocycles. The third kappa shape index (κ3) is 5.65. The summed E-state index contributed by atoms with van der Waals surface area (Å²) in [4.78, 5) is 11.9. The van der Waals surface area contributed by atoms with Crippen LogP contribution in [0, 0.1) is 5.82 Å². The highest BCUT2D eigenvalue weighted by Gasteiger charge is 2.21. The number of nitrogens with one attached hydrogen (secondary N) is 2. The molecule has 3 aromatic carbocycles. The molecule has 162 valence electrons. The Balaban J connectivity index is 1.77. The Morgan fingerprint density at radius 3 is 2.39 bits per heavy atom. The van der Waals surface area contributed by atoms with Gasteiger partial charge in [0.15, 0.2) is 18.1 Å². The smallest absolute Gasteiger partial charge is 0.264 e. The van der Waals surface area contributed by atoms with Crippen molar-refractivity contribution in [3.63, 3.8) is 0 Å². The second-order valence-corrected chi connectivity index (χ2v) is 8.30. The Labute approximate surface area is 183 Å². The summed E-state index contributed by atoms with van der Waals surface area (Å²) in [5, 5.41) is 2.80. The van der Waals surface area contributed by atoms with Gasteiger partial charge < -0.3 is 14.8 Å². The van der Waals surface area contributed by atoms with Crippen LogP contribution in [0.4, 0.5) is 15.8 Å². The molecule has 3 rings (SSSR count). The number of carbonyl (C=O) groups is 1. The zero-order chi connectivity index (χ0) is 22.4. The number of carbonyl (C=O) groups excluding carboxylic acids is 1. The fourth-order valence-electron chi connectivity index (χ4n) is 2.64. The Bertz CT molecular complexity index is 1200. The highest BCUT2D eigenvalue weighted by Crippen LogP contribution is 2.29. The van der Waals surface area contributed by atoms with Crippen LogP contribution in [0.15, 0.2) is 71.6 Å². The van der Waals surface area contributed by atoms with Gasteiger partial charge in [-0.15, -0.1) is 0 Å². The zero-order valence-electron chi connectivity index (χ0n) is 16.3. The van der Waals surface area contributed by atoms with Gasteiger partial charge in [0.05, 0.1) is 18.5 Å². The van der Waals surface area contributed by atoms with Gasteiger partial charge in [0.25, 0.3) is 15.9 Å². The minimum absolute atomic E-state index is 0.0123. The Kier molecular flexibility index (Phi) is 6.98. The molecule has 0 aromatic heterocycles. The first-order valence-corrected chi connectivity index (χ1v) is 10.8. The second kappa shape index (κ2) is 9.67. The van der Waals surface area contributed by atoms with E-state index in [4.69, 9.17) is 21.1 Å². The maximum Gasteiger partial charge on any atom is 0.264 e. The lowest BCUT2D eigenvalue weighted by molar-refractivity contribution is -0.118. The number of anilines is 2. The van der Waals surface area contributed by atoms with E-state index in [1.165, 1.54) is 37.4 Å². The molecule has 0 saturated heterocycles. The molecule has 31 heavy (non-hydrogen) atoms. The molecule has 0 atom stereocenters.